The summed E-state index contributed by atoms with van der Waals surface area (Å²) >= 11 is 0. The van der Waals surface area contributed by atoms with Gasteiger partial charge in [0, 0.05) is 24.2 Å². The van der Waals surface area contributed by atoms with Crippen LogP contribution in [-0.2, 0) is 11.3 Å². The van der Waals surface area contributed by atoms with Crippen LogP contribution in [0.3, 0.4) is 0 Å². The van der Waals surface area contributed by atoms with Gasteiger partial charge in [0.15, 0.2) is 0 Å². The van der Waals surface area contributed by atoms with Crippen molar-refractivity contribution in [1.29, 1.82) is 5.26 Å². The van der Waals surface area contributed by atoms with Gasteiger partial charge in [-0.3, -0.25) is 0 Å². The van der Waals surface area contributed by atoms with Gasteiger partial charge in [-0.25, -0.2) is 0 Å². The number of aliphatic hydroxyl groups excluding tert-OH is 1. The molecule has 1 atom stereocenters. The predicted octanol–water partition coefficient (Wildman–Crippen LogP) is 1.52. The lowest BCUT2D eigenvalue weighted by Crippen LogP contribution is -2.20. The Balaban J connectivity index is 2.28. The van der Waals surface area contributed by atoms with Crippen LogP contribution < -0.4 is 0 Å². The summed E-state index contributed by atoms with van der Waals surface area (Å²) in [5.74, 6) is 0. The lowest BCUT2D eigenvalue weighted by molar-refractivity contribution is 0.0545. The molecule has 1 N–H and O–H groups in total. The molecule has 0 radical (unpaired) electrons. The van der Waals surface area contributed by atoms with E-state index >= 15 is 0 Å². The zero-order valence-corrected chi connectivity index (χ0v) is 9.63. The van der Waals surface area contributed by atoms with Crippen molar-refractivity contribution >= 4 is 10.9 Å². The molecule has 1 unspecified atom stereocenters. The SMILES string of the molecule is COCC(O)Cn1ccc2cc(C#N)ccc21. The summed E-state index contributed by atoms with van der Waals surface area (Å²) in [6.07, 6.45) is 1.39. The highest BCUT2D eigenvalue weighted by molar-refractivity contribution is 5.81. The zero-order chi connectivity index (χ0) is 12.3. The number of hydrogen-bond donors (Lipinski definition) is 1. The Morgan fingerprint density at radius 1 is 1.47 bits per heavy atom. The largest absolute Gasteiger partial charge is 0.389 e. The van der Waals surface area contributed by atoms with Crippen molar-refractivity contribution in [3.05, 3.63) is 36.0 Å². The number of fused-ring (bicyclic) bond motifs is 1. The van der Waals surface area contributed by atoms with Crippen LogP contribution in [0.1, 0.15) is 5.56 Å². The molecule has 1 heterocycles. The Bertz CT molecular complexity index is 554. The second-order valence-corrected chi connectivity index (χ2v) is 3.96. The Hall–Kier alpha value is -1.83. The van der Waals surface area contributed by atoms with E-state index in [0.717, 1.165) is 10.9 Å². The number of nitrogens with zero attached hydrogens (tertiary/aromatic N) is 2. The van der Waals surface area contributed by atoms with E-state index in [9.17, 15) is 5.11 Å². The third kappa shape index (κ3) is 2.47. The minimum absolute atomic E-state index is 0.315. The highest BCUT2D eigenvalue weighted by atomic mass is 16.5. The molecule has 2 rings (SSSR count). The molecule has 0 aliphatic rings. The highest BCUT2D eigenvalue weighted by Gasteiger charge is 2.07. The molecule has 1 aromatic heterocycles. The van der Waals surface area contributed by atoms with Crippen molar-refractivity contribution in [3.8, 4) is 6.07 Å². The topological polar surface area (TPSA) is 58.2 Å². The number of rotatable bonds is 4. The molecule has 88 valence electrons. The molecule has 0 fully saturated rings. The number of ether oxygens (including phenoxy) is 1. The van der Waals surface area contributed by atoms with Crippen LogP contribution in [0.2, 0.25) is 0 Å². The van der Waals surface area contributed by atoms with E-state index in [1.807, 2.05) is 29.0 Å². The van der Waals surface area contributed by atoms with E-state index in [1.165, 1.54) is 0 Å². The van der Waals surface area contributed by atoms with Gasteiger partial charge in [-0.2, -0.15) is 5.26 Å². The Kier molecular flexibility index (Phi) is 3.43. The quantitative estimate of drug-likeness (QED) is 0.866. The number of hydrogen-bond acceptors (Lipinski definition) is 3. The van der Waals surface area contributed by atoms with Gasteiger partial charge in [-0.05, 0) is 24.3 Å². The molecule has 0 bridgehead atoms. The Morgan fingerprint density at radius 2 is 2.29 bits per heavy atom. The van der Waals surface area contributed by atoms with Crippen LogP contribution in [0.4, 0.5) is 0 Å². The lowest BCUT2D eigenvalue weighted by Gasteiger charge is -2.11. The second-order valence-electron chi connectivity index (χ2n) is 3.96. The standard InChI is InChI=1S/C13H14N2O2/c1-17-9-12(16)8-15-5-4-11-6-10(7-14)2-3-13(11)15/h2-6,12,16H,8-9H2,1H3. The second kappa shape index (κ2) is 5.00. The third-order valence-electron chi connectivity index (χ3n) is 2.67. The fourth-order valence-corrected chi connectivity index (χ4v) is 1.90. The smallest absolute Gasteiger partial charge is 0.0991 e. The van der Waals surface area contributed by atoms with Gasteiger partial charge in [-0.15, -0.1) is 0 Å². The van der Waals surface area contributed by atoms with Crippen molar-refractivity contribution in [2.24, 2.45) is 0 Å². The maximum absolute atomic E-state index is 9.68. The first-order valence-electron chi connectivity index (χ1n) is 5.40. The van der Waals surface area contributed by atoms with Gasteiger partial charge in [0.25, 0.3) is 0 Å². The summed E-state index contributed by atoms with van der Waals surface area (Å²) in [5.41, 5.74) is 1.66. The average Bonchev–Trinajstić information content (AvgIpc) is 2.72. The van der Waals surface area contributed by atoms with Crippen molar-refractivity contribution in [3.63, 3.8) is 0 Å². The van der Waals surface area contributed by atoms with E-state index in [0.29, 0.717) is 18.7 Å². The summed E-state index contributed by atoms with van der Waals surface area (Å²) in [6, 6.07) is 9.57. The molecule has 4 nitrogen and oxygen atoms in total. The normalized spacial score (nSPS) is 12.5. The van der Waals surface area contributed by atoms with Gasteiger partial charge in [0.05, 0.1) is 30.9 Å². The van der Waals surface area contributed by atoms with Gasteiger partial charge >= 0.3 is 0 Å². The molecule has 0 spiro atoms. The number of aliphatic hydroxyl groups is 1. The van der Waals surface area contributed by atoms with Gasteiger partial charge < -0.3 is 14.4 Å². The maximum atomic E-state index is 9.68. The van der Waals surface area contributed by atoms with Crippen molar-refractivity contribution in [2.75, 3.05) is 13.7 Å². The Morgan fingerprint density at radius 3 is 3.00 bits per heavy atom. The van der Waals surface area contributed by atoms with Crippen LogP contribution >= 0.6 is 0 Å². The van der Waals surface area contributed by atoms with Crippen LogP contribution in [0.15, 0.2) is 30.5 Å². The van der Waals surface area contributed by atoms with Gasteiger partial charge in [0.2, 0.25) is 0 Å². The summed E-state index contributed by atoms with van der Waals surface area (Å²) in [6.45, 7) is 0.805. The number of aromatic nitrogens is 1. The first-order valence-corrected chi connectivity index (χ1v) is 5.40. The number of nitriles is 1. The maximum Gasteiger partial charge on any atom is 0.0991 e. The summed E-state index contributed by atoms with van der Waals surface area (Å²) in [5, 5.41) is 19.5. The lowest BCUT2D eigenvalue weighted by atomic mass is 10.2. The molecular formula is C13H14N2O2. The van der Waals surface area contributed by atoms with Crippen LogP contribution in [-0.4, -0.2) is 29.5 Å². The van der Waals surface area contributed by atoms with Crippen LogP contribution in [0, 0.1) is 11.3 Å². The first kappa shape index (κ1) is 11.6. The van der Waals surface area contributed by atoms with E-state index < -0.39 is 6.10 Å². The minimum Gasteiger partial charge on any atom is -0.389 e. The molecule has 0 amide bonds. The molecule has 4 heteroatoms. The highest BCUT2D eigenvalue weighted by Crippen LogP contribution is 2.17. The van der Waals surface area contributed by atoms with E-state index in [4.69, 9.17) is 10.00 Å². The first-order chi connectivity index (χ1) is 8.24. The molecule has 0 saturated carbocycles. The summed E-state index contributed by atoms with van der Waals surface area (Å²) < 4.78 is 6.85. The Labute approximate surface area is 99.7 Å². The molecule has 0 aliphatic carbocycles. The zero-order valence-electron chi connectivity index (χ0n) is 9.63. The average molecular weight is 230 g/mol. The van der Waals surface area contributed by atoms with E-state index in [1.54, 1.807) is 13.2 Å². The van der Waals surface area contributed by atoms with E-state index in [2.05, 4.69) is 6.07 Å². The number of benzene rings is 1. The van der Waals surface area contributed by atoms with Crippen molar-refractivity contribution in [1.82, 2.24) is 4.57 Å². The van der Waals surface area contributed by atoms with Gasteiger partial charge in [-0.1, -0.05) is 0 Å². The molecule has 2 aromatic rings. The fourth-order valence-electron chi connectivity index (χ4n) is 1.90. The third-order valence-corrected chi connectivity index (χ3v) is 2.67. The molecule has 17 heavy (non-hydrogen) atoms. The van der Waals surface area contributed by atoms with Gasteiger partial charge in [0.1, 0.15) is 0 Å². The van der Waals surface area contributed by atoms with Crippen molar-refractivity contribution < 1.29 is 9.84 Å². The fraction of sp³-hybridized carbons (Fsp3) is 0.308. The predicted molar refractivity (Wildman–Crippen MR) is 64.5 cm³/mol. The number of methoxy groups -OCH3 is 1. The molecular weight excluding hydrogens is 216 g/mol. The van der Waals surface area contributed by atoms with Crippen LogP contribution in [0.25, 0.3) is 10.9 Å². The van der Waals surface area contributed by atoms with E-state index in [-0.39, 0.29) is 0 Å². The summed E-state index contributed by atoms with van der Waals surface area (Å²) in [4.78, 5) is 0. The molecule has 0 aliphatic heterocycles. The van der Waals surface area contributed by atoms with Crippen LogP contribution in [0.5, 0.6) is 0 Å². The minimum atomic E-state index is -0.522. The van der Waals surface area contributed by atoms with Crippen molar-refractivity contribution in [2.45, 2.75) is 12.6 Å². The monoisotopic (exact) mass is 230 g/mol. The summed E-state index contributed by atoms with van der Waals surface area (Å²) in [7, 11) is 1.57. The molecule has 0 saturated heterocycles. The molecule has 1 aromatic carbocycles.